The number of ether oxygens (including phenoxy) is 1. The minimum Gasteiger partial charge on any atom is -0.471 e. The van der Waals surface area contributed by atoms with E-state index in [2.05, 4.69) is 15.2 Å². The van der Waals surface area contributed by atoms with Crippen LogP contribution in [0, 0.1) is 6.92 Å². The van der Waals surface area contributed by atoms with Gasteiger partial charge in [-0.15, -0.1) is 5.10 Å². The summed E-state index contributed by atoms with van der Waals surface area (Å²) in [5, 5.41) is 7.95. The number of pyridine rings is 1. The van der Waals surface area contributed by atoms with Crippen molar-refractivity contribution in [2.75, 3.05) is 13.1 Å². The van der Waals surface area contributed by atoms with Gasteiger partial charge in [0.15, 0.2) is 0 Å². The summed E-state index contributed by atoms with van der Waals surface area (Å²) >= 11 is 0. The first-order chi connectivity index (χ1) is 10.2. The molecule has 0 bridgehead atoms. The van der Waals surface area contributed by atoms with E-state index in [1.165, 1.54) is 0 Å². The first-order valence-electron chi connectivity index (χ1n) is 6.88. The van der Waals surface area contributed by atoms with Crippen molar-refractivity contribution in [1.82, 2.24) is 20.1 Å². The monoisotopic (exact) mass is 284 g/mol. The Morgan fingerprint density at radius 2 is 2.05 bits per heavy atom. The molecule has 0 spiro atoms. The van der Waals surface area contributed by atoms with Gasteiger partial charge in [-0.25, -0.2) is 0 Å². The standard InChI is InChI=1S/C15H16N4O2/c1-11-2-3-14(18-17-11)21-13-6-9-19(10-13)15(20)12-4-7-16-8-5-12/h2-5,7-8,13H,6,9-10H2,1H3/t13-/m1/s1. The second-order valence-corrected chi connectivity index (χ2v) is 5.03. The molecule has 0 aromatic carbocycles. The van der Waals surface area contributed by atoms with Gasteiger partial charge in [0.1, 0.15) is 6.10 Å². The summed E-state index contributed by atoms with van der Waals surface area (Å²) in [6.45, 7) is 3.13. The van der Waals surface area contributed by atoms with Gasteiger partial charge in [0.05, 0.1) is 12.2 Å². The molecule has 3 rings (SSSR count). The van der Waals surface area contributed by atoms with Gasteiger partial charge in [0.2, 0.25) is 5.88 Å². The maximum Gasteiger partial charge on any atom is 0.254 e. The molecule has 1 fully saturated rings. The van der Waals surface area contributed by atoms with Gasteiger partial charge in [0.25, 0.3) is 5.91 Å². The van der Waals surface area contributed by atoms with Gasteiger partial charge >= 0.3 is 0 Å². The normalized spacial score (nSPS) is 17.8. The number of likely N-dealkylation sites (tertiary alicyclic amines) is 1. The number of hydrogen-bond acceptors (Lipinski definition) is 5. The fourth-order valence-electron chi connectivity index (χ4n) is 2.31. The van der Waals surface area contributed by atoms with E-state index in [9.17, 15) is 4.79 Å². The molecule has 6 heteroatoms. The van der Waals surface area contributed by atoms with E-state index < -0.39 is 0 Å². The maximum absolute atomic E-state index is 12.3. The molecule has 2 aromatic rings. The van der Waals surface area contributed by atoms with E-state index in [4.69, 9.17) is 4.74 Å². The molecule has 1 atom stereocenters. The van der Waals surface area contributed by atoms with Crippen LogP contribution in [0.15, 0.2) is 36.7 Å². The molecule has 21 heavy (non-hydrogen) atoms. The van der Waals surface area contributed by atoms with Crippen molar-refractivity contribution in [3.63, 3.8) is 0 Å². The van der Waals surface area contributed by atoms with Crippen molar-refractivity contribution in [2.45, 2.75) is 19.4 Å². The van der Waals surface area contributed by atoms with Crippen molar-refractivity contribution < 1.29 is 9.53 Å². The Bertz CT molecular complexity index is 615. The van der Waals surface area contributed by atoms with E-state index >= 15 is 0 Å². The third kappa shape index (κ3) is 3.16. The molecule has 3 heterocycles. The summed E-state index contributed by atoms with van der Waals surface area (Å²) in [6, 6.07) is 7.11. The molecule has 1 saturated heterocycles. The average molecular weight is 284 g/mol. The Balaban J connectivity index is 1.60. The van der Waals surface area contributed by atoms with Crippen molar-refractivity contribution in [1.29, 1.82) is 0 Å². The van der Waals surface area contributed by atoms with Crippen molar-refractivity contribution in [3.05, 3.63) is 47.9 Å². The van der Waals surface area contributed by atoms with Crippen LogP contribution in [0.25, 0.3) is 0 Å². The van der Waals surface area contributed by atoms with Crippen LogP contribution in [-0.4, -0.2) is 45.2 Å². The zero-order valence-corrected chi connectivity index (χ0v) is 11.8. The van der Waals surface area contributed by atoms with Gasteiger partial charge in [-0.2, -0.15) is 5.10 Å². The maximum atomic E-state index is 12.3. The molecular formula is C15H16N4O2. The number of hydrogen-bond donors (Lipinski definition) is 0. The van der Waals surface area contributed by atoms with Crippen LogP contribution in [0.4, 0.5) is 0 Å². The zero-order valence-electron chi connectivity index (χ0n) is 11.8. The highest BCUT2D eigenvalue weighted by Gasteiger charge is 2.28. The number of aromatic nitrogens is 3. The number of carbonyl (C=O) groups is 1. The minimum atomic E-state index is -0.0345. The Kier molecular flexibility index (Phi) is 3.77. The van der Waals surface area contributed by atoms with Crippen LogP contribution >= 0.6 is 0 Å². The lowest BCUT2D eigenvalue weighted by molar-refractivity contribution is 0.0771. The van der Waals surface area contributed by atoms with Crippen molar-refractivity contribution in [3.8, 4) is 5.88 Å². The summed E-state index contributed by atoms with van der Waals surface area (Å²) in [5.74, 6) is 0.516. The second-order valence-electron chi connectivity index (χ2n) is 5.03. The summed E-state index contributed by atoms with van der Waals surface area (Å²) < 4.78 is 5.77. The molecule has 1 aliphatic heterocycles. The van der Waals surface area contributed by atoms with Crippen molar-refractivity contribution >= 4 is 5.91 Å². The Morgan fingerprint density at radius 3 is 2.76 bits per heavy atom. The fourth-order valence-corrected chi connectivity index (χ4v) is 2.31. The fraction of sp³-hybridized carbons (Fsp3) is 0.333. The van der Waals surface area contributed by atoms with E-state index in [1.54, 1.807) is 35.5 Å². The number of nitrogens with zero attached hydrogens (tertiary/aromatic N) is 4. The van der Waals surface area contributed by atoms with E-state index in [0.29, 0.717) is 24.5 Å². The molecule has 0 unspecified atom stereocenters. The van der Waals surface area contributed by atoms with Crippen molar-refractivity contribution in [2.24, 2.45) is 0 Å². The topological polar surface area (TPSA) is 68.2 Å². The van der Waals surface area contributed by atoms with Crippen LogP contribution in [-0.2, 0) is 0 Å². The quantitative estimate of drug-likeness (QED) is 0.854. The first kappa shape index (κ1) is 13.5. The second kappa shape index (κ2) is 5.87. The van der Waals surface area contributed by atoms with Crippen LogP contribution in [0.1, 0.15) is 22.5 Å². The SMILES string of the molecule is Cc1ccc(O[C@@H]2CCN(C(=O)c3ccncc3)C2)nn1. The number of carbonyl (C=O) groups excluding carboxylic acids is 1. The molecule has 0 aliphatic carbocycles. The van der Waals surface area contributed by atoms with Gasteiger partial charge in [-0.3, -0.25) is 9.78 Å². The van der Waals surface area contributed by atoms with Crippen LogP contribution in [0.2, 0.25) is 0 Å². The number of aryl methyl sites for hydroxylation is 1. The summed E-state index contributed by atoms with van der Waals surface area (Å²) in [7, 11) is 0. The van der Waals surface area contributed by atoms with Gasteiger partial charge in [-0.1, -0.05) is 0 Å². The lowest BCUT2D eigenvalue weighted by Gasteiger charge is -2.16. The highest BCUT2D eigenvalue weighted by Crippen LogP contribution is 2.18. The van der Waals surface area contributed by atoms with E-state index in [-0.39, 0.29) is 12.0 Å². The molecule has 6 nitrogen and oxygen atoms in total. The molecular weight excluding hydrogens is 268 g/mol. The molecule has 0 N–H and O–H groups in total. The van der Waals surface area contributed by atoms with Gasteiger partial charge in [-0.05, 0) is 25.1 Å². The smallest absolute Gasteiger partial charge is 0.254 e. The lowest BCUT2D eigenvalue weighted by atomic mass is 10.2. The predicted molar refractivity (Wildman–Crippen MR) is 75.9 cm³/mol. The largest absolute Gasteiger partial charge is 0.471 e. The van der Waals surface area contributed by atoms with Crippen LogP contribution < -0.4 is 4.74 Å². The molecule has 0 radical (unpaired) electrons. The van der Waals surface area contributed by atoms with Crippen LogP contribution in [0.5, 0.6) is 5.88 Å². The van der Waals surface area contributed by atoms with Gasteiger partial charge < -0.3 is 9.64 Å². The predicted octanol–water partition coefficient (Wildman–Crippen LogP) is 1.47. The van der Waals surface area contributed by atoms with Crippen LogP contribution in [0.3, 0.4) is 0 Å². The molecule has 108 valence electrons. The average Bonchev–Trinajstić information content (AvgIpc) is 2.98. The summed E-state index contributed by atoms with van der Waals surface area (Å²) in [4.78, 5) is 18.0. The lowest BCUT2D eigenvalue weighted by Crippen LogP contribution is -2.31. The Labute approximate surface area is 122 Å². The molecule has 0 saturated carbocycles. The molecule has 1 aliphatic rings. The number of rotatable bonds is 3. The van der Waals surface area contributed by atoms with E-state index in [0.717, 1.165) is 12.1 Å². The Morgan fingerprint density at radius 1 is 1.24 bits per heavy atom. The first-order valence-corrected chi connectivity index (χ1v) is 6.88. The molecule has 1 amide bonds. The van der Waals surface area contributed by atoms with E-state index in [1.807, 2.05) is 13.0 Å². The van der Waals surface area contributed by atoms with Gasteiger partial charge in [0, 0.05) is 37.0 Å². The number of amides is 1. The molecule has 2 aromatic heterocycles. The third-order valence-electron chi connectivity index (χ3n) is 3.42. The summed E-state index contributed by atoms with van der Waals surface area (Å²) in [6.07, 6.45) is 4.01. The third-order valence-corrected chi connectivity index (χ3v) is 3.42. The highest BCUT2D eigenvalue weighted by molar-refractivity contribution is 5.94. The minimum absolute atomic E-state index is 0.0125. The summed E-state index contributed by atoms with van der Waals surface area (Å²) in [5.41, 5.74) is 1.50. The Hall–Kier alpha value is -2.50. The zero-order chi connectivity index (χ0) is 14.7. The highest BCUT2D eigenvalue weighted by atomic mass is 16.5.